The van der Waals surface area contributed by atoms with Crippen molar-refractivity contribution >= 4 is 15.9 Å². The highest BCUT2D eigenvalue weighted by Gasteiger charge is 2.08. The number of benzene rings is 1. The summed E-state index contributed by atoms with van der Waals surface area (Å²) in [7, 11) is 0. The Kier molecular flexibility index (Phi) is 7.47. The molecule has 0 aromatic heterocycles. The molecule has 0 fully saturated rings. The van der Waals surface area contributed by atoms with Crippen molar-refractivity contribution in [1.82, 2.24) is 0 Å². The summed E-state index contributed by atoms with van der Waals surface area (Å²) in [5.41, 5.74) is 0.988. The smallest absolute Gasteiger partial charge is 0.157 e. The van der Waals surface area contributed by atoms with E-state index in [1.165, 1.54) is 6.07 Å². The van der Waals surface area contributed by atoms with Crippen LogP contribution in [-0.2, 0) is 15.9 Å². The first-order valence-electron chi connectivity index (χ1n) is 6.34. The summed E-state index contributed by atoms with van der Waals surface area (Å²) in [6.07, 6.45) is 2.40. The number of halogens is 2. The van der Waals surface area contributed by atoms with Crippen LogP contribution in [0, 0.1) is 5.82 Å². The van der Waals surface area contributed by atoms with E-state index in [-0.39, 0.29) is 12.1 Å². The van der Waals surface area contributed by atoms with E-state index in [1.807, 2.05) is 13.8 Å². The summed E-state index contributed by atoms with van der Waals surface area (Å²) < 4.78 is 25.0. The largest absolute Gasteiger partial charge is 0.353 e. The summed E-state index contributed by atoms with van der Waals surface area (Å²) in [6.45, 7) is 5.20. The standard InChI is InChI=1S/C14H20BrFO2/c1-3-17-14(18-4-2)7-5-6-11-10-12(16)8-9-13(11)15/h8-10,14H,3-7H2,1-2H3. The van der Waals surface area contributed by atoms with Gasteiger partial charge >= 0.3 is 0 Å². The van der Waals surface area contributed by atoms with Crippen LogP contribution >= 0.6 is 15.9 Å². The molecule has 0 aliphatic carbocycles. The molecule has 0 heterocycles. The van der Waals surface area contributed by atoms with Crippen molar-refractivity contribution < 1.29 is 13.9 Å². The van der Waals surface area contributed by atoms with Crippen molar-refractivity contribution in [3.63, 3.8) is 0 Å². The summed E-state index contributed by atoms with van der Waals surface area (Å²) >= 11 is 3.43. The molecule has 1 aromatic rings. The normalized spacial score (nSPS) is 11.2. The van der Waals surface area contributed by atoms with Gasteiger partial charge in [-0.05, 0) is 56.9 Å². The Balaban J connectivity index is 2.41. The first kappa shape index (κ1) is 15.6. The number of hydrogen-bond donors (Lipinski definition) is 0. The highest BCUT2D eigenvalue weighted by atomic mass is 79.9. The zero-order chi connectivity index (χ0) is 13.4. The first-order valence-corrected chi connectivity index (χ1v) is 7.13. The van der Waals surface area contributed by atoms with Gasteiger partial charge in [-0.1, -0.05) is 15.9 Å². The van der Waals surface area contributed by atoms with E-state index in [0.29, 0.717) is 13.2 Å². The molecule has 0 radical (unpaired) electrons. The van der Waals surface area contributed by atoms with Gasteiger partial charge in [-0.15, -0.1) is 0 Å². The van der Waals surface area contributed by atoms with Crippen LogP contribution in [0.3, 0.4) is 0 Å². The number of ether oxygens (including phenoxy) is 2. The molecule has 0 aliphatic heterocycles. The molecular weight excluding hydrogens is 299 g/mol. The summed E-state index contributed by atoms with van der Waals surface area (Å²) in [5.74, 6) is -0.195. The molecule has 0 aliphatic rings. The van der Waals surface area contributed by atoms with Crippen LogP contribution < -0.4 is 0 Å². The Hall–Kier alpha value is -0.450. The maximum absolute atomic E-state index is 13.1. The maximum atomic E-state index is 13.1. The molecule has 1 aromatic carbocycles. The molecule has 0 spiro atoms. The van der Waals surface area contributed by atoms with Crippen molar-refractivity contribution in [2.75, 3.05) is 13.2 Å². The zero-order valence-electron chi connectivity index (χ0n) is 10.9. The zero-order valence-corrected chi connectivity index (χ0v) is 12.5. The van der Waals surface area contributed by atoms with E-state index < -0.39 is 0 Å². The topological polar surface area (TPSA) is 18.5 Å². The summed E-state index contributed by atoms with van der Waals surface area (Å²) in [6, 6.07) is 4.77. The lowest BCUT2D eigenvalue weighted by atomic mass is 10.1. The Morgan fingerprint density at radius 1 is 1.22 bits per heavy atom. The van der Waals surface area contributed by atoms with E-state index >= 15 is 0 Å². The van der Waals surface area contributed by atoms with Gasteiger partial charge in [-0.25, -0.2) is 4.39 Å². The van der Waals surface area contributed by atoms with Crippen LogP contribution in [0.15, 0.2) is 22.7 Å². The van der Waals surface area contributed by atoms with Gasteiger partial charge in [0.2, 0.25) is 0 Å². The lowest BCUT2D eigenvalue weighted by molar-refractivity contribution is -0.139. The molecule has 0 bridgehead atoms. The Morgan fingerprint density at radius 3 is 2.50 bits per heavy atom. The van der Waals surface area contributed by atoms with Gasteiger partial charge in [-0.2, -0.15) is 0 Å². The molecule has 0 saturated carbocycles. The molecule has 0 atom stereocenters. The highest BCUT2D eigenvalue weighted by Crippen LogP contribution is 2.20. The van der Waals surface area contributed by atoms with Crippen LogP contribution in [0.1, 0.15) is 32.3 Å². The fourth-order valence-electron chi connectivity index (χ4n) is 1.78. The Bertz CT molecular complexity index is 352. The van der Waals surface area contributed by atoms with Gasteiger partial charge in [0, 0.05) is 17.7 Å². The SMILES string of the molecule is CCOC(CCCc1cc(F)ccc1Br)OCC. The predicted molar refractivity (Wildman–Crippen MR) is 74.1 cm³/mol. The van der Waals surface area contributed by atoms with Crippen molar-refractivity contribution in [3.8, 4) is 0 Å². The van der Waals surface area contributed by atoms with Crippen molar-refractivity contribution in [2.45, 2.75) is 39.4 Å². The van der Waals surface area contributed by atoms with Crippen molar-refractivity contribution in [1.29, 1.82) is 0 Å². The third-order valence-corrected chi connectivity index (χ3v) is 3.37. The molecule has 1 rings (SSSR count). The average Bonchev–Trinajstić information content (AvgIpc) is 2.34. The van der Waals surface area contributed by atoms with Crippen LogP contribution in [0.25, 0.3) is 0 Å². The fraction of sp³-hybridized carbons (Fsp3) is 0.571. The Morgan fingerprint density at radius 2 is 1.89 bits per heavy atom. The molecule has 0 saturated heterocycles. The van der Waals surface area contributed by atoms with Crippen LogP contribution in [0.4, 0.5) is 4.39 Å². The summed E-state index contributed by atoms with van der Waals surface area (Å²) in [4.78, 5) is 0. The minimum absolute atomic E-state index is 0.146. The monoisotopic (exact) mass is 318 g/mol. The third kappa shape index (κ3) is 5.46. The lowest BCUT2D eigenvalue weighted by Gasteiger charge is -2.16. The minimum atomic E-state index is -0.195. The molecule has 0 unspecified atom stereocenters. The maximum Gasteiger partial charge on any atom is 0.157 e. The van der Waals surface area contributed by atoms with Gasteiger partial charge in [0.15, 0.2) is 6.29 Å². The fourth-order valence-corrected chi connectivity index (χ4v) is 2.23. The van der Waals surface area contributed by atoms with Gasteiger partial charge in [0.05, 0.1) is 0 Å². The van der Waals surface area contributed by atoms with E-state index in [2.05, 4.69) is 15.9 Å². The second-order valence-corrected chi connectivity index (χ2v) is 4.82. The second-order valence-electron chi connectivity index (χ2n) is 3.97. The van der Waals surface area contributed by atoms with Crippen LogP contribution in [0.2, 0.25) is 0 Å². The second kappa shape index (κ2) is 8.62. The van der Waals surface area contributed by atoms with Crippen molar-refractivity contribution in [2.24, 2.45) is 0 Å². The molecule has 0 N–H and O–H groups in total. The molecule has 2 nitrogen and oxygen atoms in total. The van der Waals surface area contributed by atoms with Gasteiger partial charge in [0.1, 0.15) is 5.82 Å². The molecule has 4 heteroatoms. The van der Waals surface area contributed by atoms with Crippen LogP contribution in [0.5, 0.6) is 0 Å². The van der Waals surface area contributed by atoms with E-state index in [4.69, 9.17) is 9.47 Å². The van der Waals surface area contributed by atoms with E-state index in [0.717, 1.165) is 29.3 Å². The van der Waals surface area contributed by atoms with E-state index in [9.17, 15) is 4.39 Å². The number of rotatable bonds is 8. The molecule has 0 amide bonds. The van der Waals surface area contributed by atoms with Crippen molar-refractivity contribution in [3.05, 3.63) is 34.1 Å². The molecule has 18 heavy (non-hydrogen) atoms. The minimum Gasteiger partial charge on any atom is -0.353 e. The van der Waals surface area contributed by atoms with E-state index in [1.54, 1.807) is 12.1 Å². The van der Waals surface area contributed by atoms with Crippen LogP contribution in [-0.4, -0.2) is 19.5 Å². The number of aryl methyl sites for hydroxylation is 1. The Labute approximate surface area is 117 Å². The first-order chi connectivity index (χ1) is 8.67. The highest BCUT2D eigenvalue weighted by molar-refractivity contribution is 9.10. The van der Waals surface area contributed by atoms with Gasteiger partial charge in [-0.3, -0.25) is 0 Å². The van der Waals surface area contributed by atoms with Gasteiger partial charge < -0.3 is 9.47 Å². The quantitative estimate of drug-likeness (QED) is 0.665. The third-order valence-electron chi connectivity index (χ3n) is 2.60. The van der Waals surface area contributed by atoms with Gasteiger partial charge in [0.25, 0.3) is 0 Å². The molecular formula is C14H20BrFO2. The predicted octanol–water partition coefficient (Wildman–Crippen LogP) is 4.31. The molecule has 102 valence electrons. The summed E-state index contributed by atoms with van der Waals surface area (Å²) in [5, 5.41) is 0. The average molecular weight is 319 g/mol. The lowest BCUT2D eigenvalue weighted by Crippen LogP contribution is -2.17. The number of hydrogen-bond acceptors (Lipinski definition) is 2.